The maximum atomic E-state index is 12.1. The van der Waals surface area contributed by atoms with Crippen LogP contribution in [0.3, 0.4) is 0 Å². The highest BCUT2D eigenvalue weighted by Crippen LogP contribution is 2.37. The number of hydrogen-bond acceptors (Lipinski definition) is 5. The monoisotopic (exact) mass is 316 g/mol. The van der Waals surface area contributed by atoms with Gasteiger partial charge in [-0.25, -0.2) is 4.98 Å². The van der Waals surface area contributed by atoms with Crippen LogP contribution in [0.1, 0.15) is 21.4 Å². The molecule has 5 nitrogen and oxygen atoms in total. The predicted octanol–water partition coefficient (Wildman–Crippen LogP) is 3.87. The number of nitrogens with zero attached hydrogens (tertiary/aromatic N) is 2. The van der Waals surface area contributed by atoms with Crippen LogP contribution in [0.15, 0.2) is 30.3 Å². The molecular formula is C11H6Cl2N2O3S. The van der Waals surface area contributed by atoms with Crippen LogP contribution in [0.4, 0.5) is 5.00 Å². The summed E-state index contributed by atoms with van der Waals surface area (Å²) in [6.45, 7) is 0. The quantitative estimate of drug-likeness (QED) is 0.371. The predicted molar refractivity (Wildman–Crippen MR) is 73.1 cm³/mol. The highest BCUT2D eigenvalue weighted by Gasteiger charge is 2.31. The molecular weight excluding hydrogens is 311 g/mol. The summed E-state index contributed by atoms with van der Waals surface area (Å²) in [4.78, 5) is 26.1. The van der Waals surface area contributed by atoms with Crippen molar-refractivity contribution in [3.8, 4) is 0 Å². The van der Waals surface area contributed by atoms with Crippen molar-refractivity contribution >= 4 is 45.3 Å². The molecule has 1 aromatic carbocycles. The number of thiazole rings is 1. The molecule has 1 atom stereocenters. The molecule has 0 aliphatic carbocycles. The molecule has 0 aliphatic heterocycles. The van der Waals surface area contributed by atoms with Crippen molar-refractivity contribution in [2.24, 2.45) is 0 Å². The maximum absolute atomic E-state index is 12.1. The number of hydrogen-bond donors (Lipinski definition) is 0. The van der Waals surface area contributed by atoms with Crippen molar-refractivity contribution in [3.63, 3.8) is 0 Å². The van der Waals surface area contributed by atoms with Crippen LogP contribution in [0.25, 0.3) is 0 Å². The van der Waals surface area contributed by atoms with E-state index < -0.39 is 16.1 Å². The van der Waals surface area contributed by atoms with E-state index in [1.54, 1.807) is 30.3 Å². The largest absolute Gasteiger partial charge is 0.350 e. The summed E-state index contributed by atoms with van der Waals surface area (Å²) in [5.41, 5.74) is 0.247. The number of rotatable bonds is 4. The summed E-state index contributed by atoms with van der Waals surface area (Å²) in [6.07, 6.45) is 0. The van der Waals surface area contributed by atoms with Crippen LogP contribution >= 0.6 is 34.5 Å². The smallest absolute Gasteiger partial charge is 0.292 e. The van der Waals surface area contributed by atoms with Gasteiger partial charge in [0, 0.05) is 5.56 Å². The molecule has 2 rings (SSSR count). The van der Waals surface area contributed by atoms with E-state index in [1.807, 2.05) is 0 Å². The van der Waals surface area contributed by atoms with E-state index in [4.69, 9.17) is 23.2 Å². The Morgan fingerprint density at radius 1 is 1.37 bits per heavy atom. The first-order chi connectivity index (χ1) is 9.00. The normalized spacial score (nSPS) is 12.1. The van der Waals surface area contributed by atoms with Crippen LogP contribution in [0.5, 0.6) is 0 Å². The number of carbonyl (C=O) groups excluding carboxylic acids is 1. The molecule has 19 heavy (non-hydrogen) atoms. The summed E-state index contributed by atoms with van der Waals surface area (Å²) in [7, 11) is 0. The van der Waals surface area contributed by atoms with Crippen molar-refractivity contribution in [1.29, 1.82) is 0 Å². The zero-order valence-electron chi connectivity index (χ0n) is 9.25. The molecule has 0 spiro atoms. The minimum absolute atomic E-state index is 0.0202. The highest BCUT2D eigenvalue weighted by atomic mass is 35.5. The van der Waals surface area contributed by atoms with Crippen molar-refractivity contribution in [2.45, 2.75) is 5.38 Å². The van der Waals surface area contributed by atoms with Gasteiger partial charge in [0.25, 0.3) is 0 Å². The SMILES string of the molecule is O=C(c1ccccc1)C(Cl)c1nc(Cl)sc1[N+](=O)[O-]. The third-order valence-corrected chi connectivity index (χ3v) is 3.83. The third kappa shape index (κ3) is 2.91. The van der Waals surface area contributed by atoms with Crippen molar-refractivity contribution < 1.29 is 9.72 Å². The Labute approximate surface area is 121 Å². The lowest BCUT2D eigenvalue weighted by Crippen LogP contribution is -2.09. The van der Waals surface area contributed by atoms with Crippen molar-refractivity contribution in [1.82, 2.24) is 4.98 Å². The number of carbonyl (C=O) groups is 1. The molecule has 1 aromatic heterocycles. The second kappa shape index (κ2) is 5.64. The van der Waals surface area contributed by atoms with Crippen molar-refractivity contribution in [3.05, 3.63) is 56.2 Å². The van der Waals surface area contributed by atoms with Crippen LogP contribution < -0.4 is 0 Å². The van der Waals surface area contributed by atoms with Crippen LogP contribution in [0.2, 0.25) is 4.47 Å². The maximum Gasteiger partial charge on any atom is 0.350 e. The number of aromatic nitrogens is 1. The average molecular weight is 317 g/mol. The summed E-state index contributed by atoms with van der Waals surface area (Å²) in [6, 6.07) is 8.27. The van der Waals surface area contributed by atoms with Gasteiger partial charge in [0.2, 0.25) is 0 Å². The fourth-order valence-electron chi connectivity index (χ4n) is 1.47. The summed E-state index contributed by atoms with van der Waals surface area (Å²) < 4.78 is -0.0202. The molecule has 8 heteroatoms. The van der Waals surface area contributed by atoms with E-state index in [0.717, 1.165) is 0 Å². The van der Waals surface area contributed by atoms with Crippen LogP contribution in [0, 0.1) is 10.1 Å². The van der Waals surface area contributed by atoms with Gasteiger partial charge in [-0.05, 0) is 11.3 Å². The molecule has 0 radical (unpaired) electrons. The second-order valence-corrected chi connectivity index (χ2v) is 5.50. The molecule has 1 unspecified atom stereocenters. The molecule has 0 saturated carbocycles. The van der Waals surface area contributed by atoms with Gasteiger partial charge >= 0.3 is 5.00 Å². The number of ketones is 1. The van der Waals surface area contributed by atoms with Gasteiger partial charge in [0.1, 0.15) is 5.38 Å². The molecule has 0 bridgehead atoms. The third-order valence-electron chi connectivity index (χ3n) is 2.30. The fraction of sp³-hybridized carbons (Fsp3) is 0.0909. The molecule has 0 fully saturated rings. The van der Waals surface area contributed by atoms with Gasteiger partial charge in [-0.15, -0.1) is 11.6 Å². The topological polar surface area (TPSA) is 73.1 Å². The summed E-state index contributed by atoms with van der Waals surface area (Å²) >= 11 is 12.3. The molecule has 0 aliphatic rings. The molecule has 98 valence electrons. The Balaban J connectivity index is 2.37. The first-order valence-corrected chi connectivity index (χ1v) is 6.67. The Kier molecular flexibility index (Phi) is 4.14. The molecule has 0 N–H and O–H groups in total. The van der Waals surface area contributed by atoms with Gasteiger partial charge in [0.15, 0.2) is 15.9 Å². The molecule has 2 aromatic rings. The number of nitro groups is 1. The summed E-state index contributed by atoms with van der Waals surface area (Å²) in [5, 5.41) is 9.31. The first-order valence-electron chi connectivity index (χ1n) is 5.04. The van der Waals surface area contributed by atoms with E-state index in [2.05, 4.69) is 4.98 Å². The van der Waals surface area contributed by atoms with E-state index in [-0.39, 0.29) is 15.2 Å². The lowest BCUT2D eigenvalue weighted by Gasteiger charge is -2.05. The zero-order chi connectivity index (χ0) is 14.0. The highest BCUT2D eigenvalue weighted by molar-refractivity contribution is 7.18. The average Bonchev–Trinajstić information content (AvgIpc) is 2.80. The van der Waals surface area contributed by atoms with Gasteiger partial charge < -0.3 is 0 Å². The van der Waals surface area contributed by atoms with Gasteiger partial charge in [-0.2, -0.15) is 0 Å². The van der Waals surface area contributed by atoms with Gasteiger partial charge in [0.05, 0.1) is 4.92 Å². The lowest BCUT2D eigenvalue weighted by atomic mass is 10.1. The van der Waals surface area contributed by atoms with Crippen LogP contribution in [-0.4, -0.2) is 15.7 Å². The van der Waals surface area contributed by atoms with Crippen LogP contribution in [-0.2, 0) is 0 Å². The molecule has 0 saturated heterocycles. The van der Waals surface area contributed by atoms with Crippen molar-refractivity contribution in [2.75, 3.05) is 0 Å². The number of halogens is 2. The minimum atomic E-state index is -1.23. The Bertz CT molecular complexity index is 630. The van der Waals surface area contributed by atoms with Gasteiger partial charge in [-0.1, -0.05) is 41.9 Å². The second-order valence-electron chi connectivity index (χ2n) is 3.51. The zero-order valence-corrected chi connectivity index (χ0v) is 11.6. The molecule has 0 amide bonds. The Morgan fingerprint density at radius 2 is 2.00 bits per heavy atom. The minimum Gasteiger partial charge on any atom is -0.292 e. The number of benzene rings is 1. The van der Waals surface area contributed by atoms with Gasteiger partial charge in [-0.3, -0.25) is 14.9 Å². The first kappa shape index (κ1) is 13.9. The molecule has 1 heterocycles. The standard InChI is InChI=1S/C11H6Cl2N2O3S/c12-7(9(16)6-4-2-1-3-5-6)8-10(15(17)18)19-11(13)14-8/h1-5,7H. The van der Waals surface area contributed by atoms with E-state index in [9.17, 15) is 14.9 Å². The van der Waals surface area contributed by atoms with E-state index in [0.29, 0.717) is 16.9 Å². The lowest BCUT2D eigenvalue weighted by molar-refractivity contribution is -0.381. The fourth-order valence-corrected chi connectivity index (χ4v) is 2.77. The number of Topliss-reactive ketones (excluding diaryl/α,β-unsaturated/α-hetero) is 1. The number of alkyl halides is 1. The Morgan fingerprint density at radius 3 is 2.58 bits per heavy atom. The van der Waals surface area contributed by atoms with E-state index in [1.165, 1.54) is 0 Å². The van der Waals surface area contributed by atoms with E-state index >= 15 is 0 Å². The Hall–Kier alpha value is -1.50. The summed E-state index contributed by atoms with van der Waals surface area (Å²) in [5.74, 6) is -0.452.